The first-order chi connectivity index (χ1) is 13.3. The number of nitrogens with zero attached hydrogens (tertiary/aromatic N) is 1. The third-order valence-corrected chi connectivity index (χ3v) is 6.25. The number of pyridine rings is 1. The highest BCUT2D eigenvalue weighted by atomic mass is 32.2. The maximum atomic E-state index is 12.8. The van der Waals surface area contributed by atoms with Crippen LogP contribution in [0.4, 0.5) is 5.69 Å². The highest BCUT2D eigenvalue weighted by Gasteiger charge is 2.28. The fourth-order valence-electron chi connectivity index (χ4n) is 3.21. The number of carbonyl (C=O) groups excluding carboxylic acids is 1. The number of rotatable bonds is 5. The molecular weight excluding hydrogens is 374 g/mol. The predicted octanol–water partition coefficient (Wildman–Crippen LogP) is 3.54. The fourth-order valence-corrected chi connectivity index (χ4v) is 4.56. The van der Waals surface area contributed by atoms with Crippen LogP contribution in [-0.4, -0.2) is 25.4 Å². The number of anilines is 1. The number of hydrogen-bond donors (Lipinski definition) is 2. The first-order valence-electron chi connectivity index (χ1n) is 9.13. The van der Waals surface area contributed by atoms with Gasteiger partial charge in [0.1, 0.15) is 0 Å². The maximum Gasteiger partial charge on any atom is 0.255 e. The van der Waals surface area contributed by atoms with Crippen LogP contribution in [0.3, 0.4) is 0 Å². The molecule has 0 atom stereocenters. The van der Waals surface area contributed by atoms with E-state index in [2.05, 4.69) is 15.0 Å². The molecule has 2 N–H and O–H groups in total. The lowest BCUT2D eigenvalue weighted by atomic mass is 10.1. The lowest BCUT2D eigenvalue weighted by molar-refractivity contribution is 0.102. The zero-order valence-corrected chi connectivity index (χ0v) is 16.5. The first kappa shape index (κ1) is 18.6. The lowest BCUT2D eigenvalue weighted by Crippen LogP contribution is -2.26. The van der Waals surface area contributed by atoms with Crippen molar-refractivity contribution in [3.63, 3.8) is 0 Å². The van der Waals surface area contributed by atoms with Crippen LogP contribution < -0.4 is 10.0 Å². The standard InChI is InChI=1S/C21H21N3O3S/c1-13-10-14(2)20-18(11-13)19(8-9-22-20)23-21(25)15-4-3-5-17(12-15)28(26,27)24-16-6-7-16/h3-5,8-12,16,24H,6-7H2,1-2H3,(H,22,23,25). The van der Waals surface area contributed by atoms with Gasteiger partial charge in [-0.2, -0.15) is 0 Å². The number of benzene rings is 2. The largest absolute Gasteiger partial charge is 0.321 e. The Labute approximate surface area is 164 Å². The number of amides is 1. The summed E-state index contributed by atoms with van der Waals surface area (Å²) in [7, 11) is -3.61. The molecule has 4 rings (SSSR count). The molecule has 1 aromatic heterocycles. The van der Waals surface area contributed by atoms with Gasteiger partial charge in [-0.1, -0.05) is 17.7 Å². The van der Waals surface area contributed by atoms with Crippen LogP contribution in [0.25, 0.3) is 10.9 Å². The van der Waals surface area contributed by atoms with Crippen molar-refractivity contribution >= 4 is 32.5 Å². The number of nitrogens with one attached hydrogen (secondary N) is 2. The molecule has 1 aliphatic rings. The number of sulfonamides is 1. The first-order valence-corrected chi connectivity index (χ1v) is 10.6. The summed E-state index contributed by atoms with van der Waals surface area (Å²) in [6.45, 7) is 3.97. The Balaban J connectivity index is 1.64. The average molecular weight is 395 g/mol. The third kappa shape index (κ3) is 3.76. The molecule has 1 heterocycles. The van der Waals surface area contributed by atoms with Gasteiger partial charge in [0.2, 0.25) is 10.0 Å². The summed E-state index contributed by atoms with van der Waals surface area (Å²) in [6.07, 6.45) is 3.36. The van der Waals surface area contributed by atoms with Gasteiger partial charge in [-0.15, -0.1) is 0 Å². The molecular formula is C21H21N3O3S. The summed E-state index contributed by atoms with van der Waals surface area (Å²) in [6, 6.07) is 11.9. The Morgan fingerprint density at radius 2 is 1.89 bits per heavy atom. The minimum atomic E-state index is -3.61. The molecule has 28 heavy (non-hydrogen) atoms. The highest BCUT2D eigenvalue weighted by Crippen LogP contribution is 2.26. The van der Waals surface area contributed by atoms with Gasteiger partial charge in [0.05, 0.1) is 16.1 Å². The molecule has 1 aliphatic carbocycles. The van der Waals surface area contributed by atoms with Crippen molar-refractivity contribution in [3.05, 3.63) is 65.4 Å². The minimum Gasteiger partial charge on any atom is -0.321 e. The van der Waals surface area contributed by atoms with Crippen molar-refractivity contribution in [2.45, 2.75) is 37.6 Å². The monoisotopic (exact) mass is 395 g/mol. The molecule has 0 saturated heterocycles. The van der Waals surface area contributed by atoms with E-state index in [-0.39, 0.29) is 22.4 Å². The molecule has 7 heteroatoms. The average Bonchev–Trinajstić information content (AvgIpc) is 3.46. The molecule has 1 fully saturated rings. The second kappa shape index (κ2) is 7.00. The smallest absolute Gasteiger partial charge is 0.255 e. The third-order valence-electron chi connectivity index (χ3n) is 4.73. The van der Waals surface area contributed by atoms with Crippen LogP contribution in [0.1, 0.15) is 34.3 Å². The zero-order valence-electron chi connectivity index (χ0n) is 15.7. The Hall–Kier alpha value is -2.77. The van der Waals surface area contributed by atoms with E-state index in [0.29, 0.717) is 5.69 Å². The van der Waals surface area contributed by atoms with Crippen LogP contribution in [0.5, 0.6) is 0 Å². The van der Waals surface area contributed by atoms with Gasteiger partial charge in [-0.25, -0.2) is 13.1 Å². The summed E-state index contributed by atoms with van der Waals surface area (Å²) >= 11 is 0. The van der Waals surface area contributed by atoms with Gasteiger partial charge in [0.25, 0.3) is 5.91 Å². The van der Waals surface area contributed by atoms with Gasteiger partial charge in [0, 0.05) is 23.2 Å². The summed E-state index contributed by atoms with van der Waals surface area (Å²) in [4.78, 5) is 17.3. The predicted molar refractivity (Wildman–Crippen MR) is 109 cm³/mol. The normalized spacial score (nSPS) is 14.2. The second-order valence-electron chi connectivity index (χ2n) is 7.21. The van der Waals surface area contributed by atoms with Gasteiger partial charge in [0.15, 0.2) is 0 Å². The molecule has 0 unspecified atom stereocenters. The molecule has 1 amide bonds. The quantitative estimate of drug-likeness (QED) is 0.692. The SMILES string of the molecule is Cc1cc(C)c2nccc(NC(=O)c3cccc(S(=O)(=O)NC4CC4)c3)c2c1. The van der Waals surface area contributed by atoms with Crippen LogP contribution in [0.2, 0.25) is 0 Å². The van der Waals surface area contributed by atoms with Crippen molar-refractivity contribution in [2.24, 2.45) is 0 Å². The zero-order chi connectivity index (χ0) is 19.9. The summed E-state index contributed by atoms with van der Waals surface area (Å²) < 4.78 is 27.5. The molecule has 1 saturated carbocycles. The number of hydrogen-bond acceptors (Lipinski definition) is 4. The Kier molecular flexibility index (Phi) is 4.64. The van der Waals surface area contributed by atoms with Crippen LogP contribution in [-0.2, 0) is 10.0 Å². The van der Waals surface area contributed by atoms with Crippen molar-refractivity contribution < 1.29 is 13.2 Å². The van der Waals surface area contributed by atoms with E-state index in [1.165, 1.54) is 12.1 Å². The molecule has 0 aliphatic heterocycles. The van der Waals surface area contributed by atoms with Crippen molar-refractivity contribution in [1.82, 2.24) is 9.71 Å². The minimum absolute atomic E-state index is 0.0112. The molecule has 0 radical (unpaired) electrons. The van der Waals surface area contributed by atoms with Gasteiger partial charge >= 0.3 is 0 Å². The molecule has 0 spiro atoms. The summed E-state index contributed by atoms with van der Waals surface area (Å²) in [5.41, 5.74) is 3.87. The topological polar surface area (TPSA) is 88.2 Å². The number of fused-ring (bicyclic) bond motifs is 1. The molecule has 144 valence electrons. The van der Waals surface area contributed by atoms with Crippen LogP contribution >= 0.6 is 0 Å². The lowest BCUT2D eigenvalue weighted by Gasteiger charge is -2.11. The van der Waals surface area contributed by atoms with Crippen LogP contribution in [0, 0.1) is 13.8 Å². The van der Waals surface area contributed by atoms with E-state index in [0.717, 1.165) is 34.9 Å². The number of aryl methyl sites for hydroxylation is 2. The Bertz CT molecular complexity index is 1180. The summed E-state index contributed by atoms with van der Waals surface area (Å²) in [5.74, 6) is -0.366. The number of carbonyl (C=O) groups is 1. The van der Waals surface area contributed by atoms with Crippen molar-refractivity contribution in [2.75, 3.05) is 5.32 Å². The van der Waals surface area contributed by atoms with E-state index in [9.17, 15) is 13.2 Å². The Morgan fingerprint density at radius 3 is 2.64 bits per heavy atom. The van der Waals surface area contributed by atoms with Crippen molar-refractivity contribution in [3.8, 4) is 0 Å². The fraction of sp³-hybridized carbons (Fsp3) is 0.238. The van der Waals surface area contributed by atoms with Gasteiger partial charge in [-0.05, 0) is 62.6 Å². The molecule has 3 aromatic rings. The molecule has 0 bridgehead atoms. The summed E-state index contributed by atoms with van der Waals surface area (Å²) in [5, 5.41) is 3.75. The molecule has 6 nitrogen and oxygen atoms in total. The van der Waals surface area contributed by atoms with Gasteiger partial charge in [-0.3, -0.25) is 9.78 Å². The van der Waals surface area contributed by atoms with E-state index in [4.69, 9.17) is 0 Å². The van der Waals surface area contributed by atoms with E-state index < -0.39 is 10.0 Å². The van der Waals surface area contributed by atoms with E-state index in [1.54, 1.807) is 24.4 Å². The molecule has 2 aromatic carbocycles. The maximum absolute atomic E-state index is 12.8. The second-order valence-corrected chi connectivity index (χ2v) is 8.93. The van der Waals surface area contributed by atoms with Gasteiger partial charge < -0.3 is 5.32 Å². The van der Waals surface area contributed by atoms with E-state index in [1.807, 2.05) is 26.0 Å². The van der Waals surface area contributed by atoms with Crippen LogP contribution in [0.15, 0.2) is 53.6 Å². The van der Waals surface area contributed by atoms with E-state index >= 15 is 0 Å². The number of aromatic nitrogens is 1. The Morgan fingerprint density at radius 1 is 1.11 bits per heavy atom. The highest BCUT2D eigenvalue weighted by molar-refractivity contribution is 7.89. The van der Waals surface area contributed by atoms with Crippen molar-refractivity contribution in [1.29, 1.82) is 0 Å².